The van der Waals surface area contributed by atoms with E-state index >= 15 is 0 Å². The van der Waals surface area contributed by atoms with Crippen molar-refractivity contribution >= 4 is 36.0 Å². The van der Waals surface area contributed by atoms with Gasteiger partial charge >= 0.3 is 0 Å². The van der Waals surface area contributed by atoms with Gasteiger partial charge in [-0.25, -0.2) is 0 Å². The molecule has 23 heavy (non-hydrogen) atoms. The number of nitrogens with one attached hydrogen (secondary N) is 1. The van der Waals surface area contributed by atoms with E-state index in [0.717, 1.165) is 38.4 Å². The van der Waals surface area contributed by atoms with Gasteiger partial charge in [0.1, 0.15) is 0 Å². The van der Waals surface area contributed by atoms with Crippen molar-refractivity contribution in [3.8, 4) is 0 Å². The predicted octanol–water partition coefficient (Wildman–Crippen LogP) is 3.40. The lowest BCUT2D eigenvalue weighted by Gasteiger charge is -2.31. The molecular weight excluding hydrogens is 401 g/mol. The summed E-state index contributed by atoms with van der Waals surface area (Å²) < 4.78 is 5.08. The fraction of sp³-hybridized carbons (Fsp3) is 0.500. The molecule has 128 valence electrons. The molecule has 0 aromatic heterocycles. The van der Waals surface area contributed by atoms with Gasteiger partial charge in [0, 0.05) is 26.7 Å². The van der Waals surface area contributed by atoms with Crippen molar-refractivity contribution in [3.05, 3.63) is 41.5 Å². The topological polar surface area (TPSA) is 36.9 Å². The highest BCUT2D eigenvalue weighted by molar-refractivity contribution is 14.0. The smallest absolute Gasteiger partial charge is 0.194 e. The van der Waals surface area contributed by atoms with Crippen molar-refractivity contribution in [2.75, 3.05) is 39.9 Å². The Morgan fingerprint density at radius 1 is 1.26 bits per heavy atom. The fourth-order valence-electron chi connectivity index (χ4n) is 2.60. The Labute approximate surface area is 157 Å². The molecule has 0 bridgehead atoms. The molecule has 0 aliphatic carbocycles. The number of nitrogens with zero attached hydrogens (tertiary/aromatic N) is 2. The number of benzene rings is 1. The first kappa shape index (κ1) is 20.0. The summed E-state index contributed by atoms with van der Waals surface area (Å²) in [5.41, 5.74) is 2.82. The summed E-state index contributed by atoms with van der Waals surface area (Å²) in [7, 11) is 1.71. The van der Waals surface area contributed by atoms with Crippen LogP contribution in [0.4, 0.5) is 0 Å². The minimum atomic E-state index is 0. The number of halogens is 1. The van der Waals surface area contributed by atoms with Crippen molar-refractivity contribution in [3.63, 3.8) is 0 Å². The monoisotopic (exact) mass is 429 g/mol. The molecule has 4 nitrogen and oxygen atoms in total. The Morgan fingerprint density at radius 3 is 2.57 bits per heavy atom. The lowest BCUT2D eigenvalue weighted by atomic mass is 10.0. The number of methoxy groups -OCH3 is 1. The van der Waals surface area contributed by atoms with Gasteiger partial charge in [0.05, 0.1) is 13.2 Å². The zero-order valence-corrected chi connectivity index (χ0v) is 16.5. The largest absolute Gasteiger partial charge is 0.383 e. The lowest BCUT2D eigenvalue weighted by molar-refractivity contribution is 0.207. The van der Waals surface area contributed by atoms with Gasteiger partial charge in [-0.3, -0.25) is 4.99 Å². The van der Waals surface area contributed by atoms with E-state index in [1.807, 2.05) is 0 Å². The number of ether oxygens (including phenoxy) is 1. The molecule has 2 rings (SSSR count). The molecule has 0 amide bonds. The maximum atomic E-state index is 5.08. The van der Waals surface area contributed by atoms with Crippen molar-refractivity contribution in [2.24, 2.45) is 4.99 Å². The van der Waals surface area contributed by atoms with Crippen LogP contribution in [0.25, 0.3) is 6.08 Å². The number of likely N-dealkylation sites (tertiary alicyclic amines) is 1. The van der Waals surface area contributed by atoms with Crippen molar-refractivity contribution < 1.29 is 4.74 Å². The van der Waals surface area contributed by atoms with Crippen molar-refractivity contribution in [1.82, 2.24) is 10.2 Å². The average Bonchev–Trinajstić information content (AvgIpc) is 2.56. The van der Waals surface area contributed by atoms with E-state index in [1.54, 1.807) is 7.11 Å². The van der Waals surface area contributed by atoms with Crippen molar-refractivity contribution in [2.45, 2.75) is 19.8 Å². The van der Waals surface area contributed by atoms with Gasteiger partial charge < -0.3 is 15.0 Å². The molecule has 0 unspecified atom stereocenters. The van der Waals surface area contributed by atoms with E-state index in [4.69, 9.17) is 4.74 Å². The first-order valence-electron chi connectivity index (χ1n) is 8.10. The van der Waals surface area contributed by atoms with Crippen molar-refractivity contribution in [1.29, 1.82) is 0 Å². The molecule has 1 fully saturated rings. The second-order valence-corrected chi connectivity index (χ2v) is 5.43. The molecule has 1 aliphatic rings. The highest BCUT2D eigenvalue weighted by Crippen LogP contribution is 2.19. The van der Waals surface area contributed by atoms with Crippen LogP contribution in [-0.4, -0.2) is 50.8 Å². The second-order valence-electron chi connectivity index (χ2n) is 5.43. The molecule has 0 spiro atoms. The maximum Gasteiger partial charge on any atom is 0.194 e. The molecule has 0 atom stereocenters. The summed E-state index contributed by atoms with van der Waals surface area (Å²) in [6, 6.07) is 10.6. The minimum absolute atomic E-state index is 0. The quantitative estimate of drug-likeness (QED) is 0.338. The molecule has 0 radical (unpaired) electrons. The normalized spacial score (nSPS) is 15.1. The molecule has 0 saturated carbocycles. The van der Waals surface area contributed by atoms with E-state index in [2.05, 4.69) is 58.5 Å². The highest BCUT2D eigenvalue weighted by Gasteiger charge is 2.16. The molecule has 1 N–H and O–H groups in total. The van der Waals surface area contributed by atoms with Gasteiger partial charge in [0.2, 0.25) is 0 Å². The summed E-state index contributed by atoms with van der Waals surface area (Å²) in [5, 5.41) is 3.38. The fourth-order valence-corrected chi connectivity index (χ4v) is 2.60. The molecule has 1 aromatic carbocycles. The minimum Gasteiger partial charge on any atom is -0.383 e. The molecular formula is C18H28IN3O. The maximum absolute atomic E-state index is 5.08. The Morgan fingerprint density at radius 2 is 1.96 bits per heavy atom. The summed E-state index contributed by atoms with van der Waals surface area (Å²) in [4.78, 5) is 6.97. The first-order valence-corrected chi connectivity index (χ1v) is 8.10. The molecule has 1 aliphatic heterocycles. The SMILES string of the molecule is CCNC(=NCCOC)N1CCC(=Cc2ccccc2)CC1.I. The predicted molar refractivity (Wildman–Crippen MR) is 108 cm³/mol. The average molecular weight is 429 g/mol. The van der Waals surface area contributed by atoms with E-state index < -0.39 is 0 Å². The van der Waals surface area contributed by atoms with Crippen LogP contribution in [0.1, 0.15) is 25.3 Å². The molecule has 5 heteroatoms. The third-order valence-corrected chi connectivity index (χ3v) is 3.77. The third kappa shape index (κ3) is 6.91. The number of rotatable bonds is 5. The van der Waals surface area contributed by atoms with E-state index in [0.29, 0.717) is 13.2 Å². The van der Waals surface area contributed by atoms with E-state index in [9.17, 15) is 0 Å². The van der Waals surface area contributed by atoms with Crippen LogP contribution in [0.5, 0.6) is 0 Å². The Balaban J connectivity index is 0.00000264. The van der Waals surface area contributed by atoms with Gasteiger partial charge in [-0.1, -0.05) is 42.0 Å². The lowest BCUT2D eigenvalue weighted by Crippen LogP contribution is -2.44. The van der Waals surface area contributed by atoms with Crippen LogP contribution < -0.4 is 5.32 Å². The van der Waals surface area contributed by atoms with Gasteiger partial charge in [0.25, 0.3) is 0 Å². The Bertz CT molecular complexity index is 492. The van der Waals surface area contributed by atoms with Gasteiger partial charge in [-0.15, -0.1) is 24.0 Å². The summed E-state index contributed by atoms with van der Waals surface area (Å²) in [6.07, 6.45) is 4.53. The van der Waals surface area contributed by atoms with Crippen LogP contribution in [0.15, 0.2) is 40.9 Å². The van der Waals surface area contributed by atoms with Crippen LogP contribution in [-0.2, 0) is 4.74 Å². The van der Waals surface area contributed by atoms with E-state index in [1.165, 1.54) is 11.1 Å². The number of aliphatic imine (C=N–C) groups is 1. The zero-order valence-electron chi connectivity index (χ0n) is 14.1. The summed E-state index contributed by atoms with van der Waals surface area (Å²) in [5.74, 6) is 1.01. The van der Waals surface area contributed by atoms with Crippen LogP contribution in [0.3, 0.4) is 0 Å². The molecule has 1 saturated heterocycles. The Kier molecular flexibility index (Phi) is 9.94. The summed E-state index contributed by atoms with van der Waals surface area (Å²) in [6.45, 7) is 6.43. The zero-order chi connectivity index (χ0) is 15.6. The van der Waals surface area contributed by atoms with Gasteiger partial charge in [-0.2, -0.15) is 0 Å². The number of guanidine groups is 1. The van der Waals surface area contributed by atoms with Crippen LogP contribution in [0, 0.1) is 0 Å². The Hall–Kier alpha value is -1.08. The standard InChI is InChI=1S/C18H27N3O.HI/c1-3-19-18(20-11-14-22-2)21-12-9-17(10-13-21)15-16-7-5-4-6-8-16;/h4-8,15H,3,9-14H2,1-2H3,(H,19,20);1H. The second kappa shape index (κ2) is 11.5. The number of piperidine rings is 1. The number of hydrogen-bond donors (Lipinski definition) is 1. The third-order valence-electron chi connectivity index (χ3n) is 3.77. The van der Waals surface area contributed by atoms with Crippen LogP contribution >= 0.6 is 24.0 Å². The van der Waals surface area contributed by atoms with Gasteiger partial charge in [0.15, 0.2) is 5.96 Å². The van der Waals surface area contributed by atoms with E-state index in [-0.39, 0.29) is 24.0 Å². The molecule has 1 aromatic rings. The summed E-state index contributed by atoms with van der Waals surface area (Å²) >= 11 is 0. The first-order chi connectivity index (χ1) is 10.8. The van der Waals surface area contributed by atoms with Gasteiger partial charge in [-0.05, 0) is 25.3 Å². The number of hydrogen-bond acceptors (Lipinski definition) is 2. The van der Waals surface area contributed by atoms with Crippen LogP contribution in [0.2, 0.25) is 0 Å². The molecule has 1 heterocycles. The highest BCUT2D eigenvalue weighted by atomic mass is 127.